The summed E-state index contributed by atoms with van der Waals surface area (Å²) in [7, 11) is 0. The molecular weight excluding hydrogens is 206 g/mol. The van der Waals surface area contributed by atoms with Crippen molar-refractivity contribution in [1.82, 2.24) is 4.90 Å². The van der Waals surface area contributed by atoms with Crippen molar-refractivity contribution in [3.8, 4) is 0 Å². The standard InChI is InChI=1S/C12H21NO3/c1-5-6-10-9-15-8-7-13(10)11(14)16-12(2,3)4/h5,10H,1,6-9H2,2-4H3. The van der Waals surface area contributed by atoms with Crippen LogP contribution in [0.5, 0.6) is 0 Å². The first-order valence-corrected chi connectivity index (χ1v) is 5.62. The number of nitrogens with zero attached hydrogens (tertiary/aromatic N) is 1. The number of ether oxygens (including phenoxy) is 2. The highest BCUT2D eigenvalue weighted by molar-refractivity contribution is 5.68. The molecule has 0 bridgehead atoms. The Hall–Kier alpha value is -1.03. The Morgan fingerprint density at radius 3 is 2.88 bits per heavy atom. The van der Waals surface area contributed by atoms with E-state index in [1.807, 2.05) is 20.8 Å². The molecule has 0 N–H and O–H groups in total. The Morgan fingerprint density at radius 2 is 2.31 bits per heavy atom. The van der Waals surface area contributed by atoms with Crippen LogP contribution in [0.25, 0.3) is 0 Å². The molecule has 0 saturated carbocycles. The monoisotopic (exact) mass is 227 g/mol. The van der Waals surface area contributed by atoms with E-state index in [0.29, 0.717) is 19.8 Å². The molecule has 1 heterocycles. The van der Waals surface area contributed by atoms with Crippen LogP contribution < -0.4 is 0 Å². The summed E-state index contributed by atoms with van der Waals surface area (Å²) in [6.45, 7) is 11.0. The molecule has 1 aliphatic rings. The Morgan fingerprint density at radius 1 is 1.62 bits per heavy atom. The number of carbonyl (C=O) groups is 1. The molecule has 4 heteroatoms. The molecule has 16 heavy (non-hydrogen) atoms. The molecule has 4 nitrogen and oxygen atoms in total. The quantitative estimate of drug-likeness (QED) is 0.679. The van der Waals surface area contributed by atoms with Gasteiger partial charge >= 0.3 is 6.09 Å². The van der Waals surface area contributed by atoms with Crippen LogP contribution in [0.2, 0.25) is 0 Å². The van der Waals surface area contributed by atoms with E-state index in [1.165, 1.54) is 0 Å². The Balaban J connectivity index is 2.60. The normalized spacial score (nSPS) is 21.7. The molecule has 1 saturated heterocycles. The van der Waals surface area contributed by atoms with E-state index in [0.717, 1.165) is 6.42 Å². The minimum Gasteiger partial charge on any atom is -0.444 e. The fraction of sp³-hybridized carbons (Fsp3) is 0.750. The Bertz CT molecular complexity index is 257. The van der Waals surface area contributed by atoms with Gasteiger partial charge in [-0.15, -0.1) is 6.58 Å². The summed E-state index contributed by atoms with van der Waals surface area (Å²) < 4.78 is 10.7. The van der Waals surface area contributed by atoms with Gasteiger partial charge in [0.25, 0.3) is 0 Å². The first kappa shape index (κ1) is 13.0. The van der Waals surface area contributed by atoms with Crippen LogP contribution in [-0.2, 0) is 9.47 Å². The lowest BCUT2D eigenvalue weighted by Gasteiger charge is -2.36. The van der Waals surface area contributed by atoms with Gasteiger partial charge in [-0.05, 0) is 27.2 Å². The van der Waals surface area contributed by atoms with Crippen LogP contribution in [-0.4, -0.2) is 42.4 Å². The van der Waals surface area contributed by atoms with E-state index in [4.69, 9.17) is 9.47 Å². The van der Waals surface area contributed by atoms with Crippen LogP contribution in [0, 0.1) is 0 Å². The molecule has 1 atom stereocenters. The molecule has 0 spiro atoms. The third-order valence-corrected chi connectivity index (χ3v) is 2.29. The zero-order chi connectivity index (χ0) is 12.2. The maximum Gasteiger partial charge on any atom is 0.410 e. The molecule has 0 radical (unpaired) electrons. The van der Waals surface area contributed by atoms with Crippen molar-refractivity contribution in [1.29, 1.82) is 0 Å². The minimum atomic E-state index is -0.450. The molecule has 1 rings (SSSR count). The largest absolute Gasteiger partial charge is 0.444 e. The van der Waals surface area contributed by atoms with Gasteiger partial charge in [-0.25, -0.2) is 4.79 Å². The minimum absolute atomic E-state index is 0.0566. The van der Waals surface area contributed by atoms with Crippen LogP contribution >= 0.6 is 0 Å². The number of morpholine rings is 1. The maximum atomic E-state index is 11.9. The highest BCUT2D eigenvalue weighted by atomic mass is 16.6. The van der Waals surface area contributed by atoms with Gasteiger partial charge in [0.1, 0.15) is 5.60 Å². The number of hydrogen-bond acceptors (Lipinski definition) is 3. The van der Waals surface area contributed by atoms with E-state index in [2.05, 4.69) is 6.58 Å². The van der Waals surface area contributed by atoms with E-state index in [9.17, 15) is 4.79 Å². The predicted molar refractivity (Wildman–Crippen MR) is 62.4 cm³/mol. The molecule has 0 aromatic heterocycles. The predicted octanol–water partition coefficient (Wildman–Crippen LogP) is 2.20. The van der Waals surface area contributed by atoms with Gasteiger partial charge in [0.05, 0.1) is 19.3 Å². The smallest absolute Gasteiger partial charge is 0.410 e. The van der Waals surface area contributed by atoms with Gasteiger partial charge < -0.3 is 14.4 Å². The van der Waals surface area contributed by atoms with Crippen LogP contribution in [0.3, 0.4) is 0 Å². The molecule has 1 unspecified atom stereocenters. The van der Waals surface area contributed by atoms with E-state index < -0.39 is 5.60 Å². The van der Waals surface area contributed by atoms with Crippen molar-refractivity contribution >= 4 is 6.09 Å². The Kier molecular flexibility index (Phi) is 4.35. The Labute approximate surface area is 97.2 Å². The summed E-state index contributed by atoms with van der Waals surface area (Å²) in [5.41, 5.74) is -0.450. The van der Waals surface area contributed by atoms with E-state index in [-0.39, 0.29) is 12.1 Å². The fourth-order valence-electron chi connectivity index (χ4n) is 1.60. The molecule has 0 aliphatic carbocycles. The third kappa shape index (κ3) is 3.85. The lowest BCUT2D eigenvalue weighted by atomic mass is 10.1. The van der Waals surface area contributed by atoms with Crippen molar-refractivity contribution in [2.75, 3.05) is 19.8 Å². The zero-order valence-electron chi connectivity index (χ0n) is 10.4. The maximum absolute atomic E-state index is 11.9. The van der Waals surface area contributed by atoms with Gasteiger partial charge in [0.2, 0.25) is 0 Å². The molecule has 0 aromatic carbocycles. The second-order valence-corrected chi connectivity index (χ2v) is 4.93. The van der Waals surface area contributed by atoms with Gasteiger partial charge in [-0.3, -0.25) is 0 Å². The van der Waals surface area contributed by atoms with Gasteiger partial charge in [0.15, 0.2) is 0 Å². The third-order valence-electron chi connectivity index (χ3n) is 2.29. The highest BCUT2D eigenvalue weighted by Gasteiger charge is 2.29. The fourth-order valence-corrected chi connectivity index (χ4v) is 1.60. The van der Waals surface area contributed by atoms with Crippen molar-refractivity contribution in [2.45, 2.75) is 38.8 Å². The SMILES string of the molecule is C=CCC1COCCN1C(=O)OC(C)(C)C. The summed E-state index contributed by atoms with van der Waals surface area (Å²) in [5, 5.41) is 0. The van der Waals surface area contributed by atoms with E-state index >= 15 is 0 Å². The summed E-state index contributed by atoms with van der Waals surface area (Å²) >= 11 is 0. The lowest BCUT2D eigenvalue weighted by molar-refractivity contribution is -0.0313. The number of rotatable bonds is 2. The highest BCUT2D eigenvalue weighted by Crippen LogP contribution is 2.16. The molecular formula is C12H21NO3. The summed E-state index contributed by atoms with van der Waals surface area (Å²) in [6, 6.07) is 0.0566. The van der Waals surface area contributed by atoms with Gasteiger partial charge in [-0.2, -0.15) is 0 Å². The first-order chi connectivity index (χ1) is 7.44. The van der Waals surface area contributed by atoms with E-state index in [1.54, 1.807) is 11.0 Å². The van der Waals surface area contributed by atoms with Gasteiger partial charge in [0, 0.05) is 6.54 Å². The van der Waals surface area contributed by atoms with Crippen LogP contribution in [0.1, 0.15) is 27.2 Å². The number of amides is 1. The average Bonchev–Trinajstić information content (AvgIpc) is 2.16. The van der Waals surface area contributed by atoms with Crippen molar-refractivity contribution in [3.05, 3.63) is 12.7 Å². The molecule has 0 aromatic rings. The van der Waals surface area contributed by atoms with Crippen molar-refractivity contribution < 1.29 is 14.3 Å². The second kappa shape index (κ2) is 5.34. The summed E-state index contributed by atoms with van der Waals surface area (Å²) in [5.74, 6) is 0. The number of carbonyl (C=O) groups excluding carboxylic acids is 1. The zero-order valence-corrected chi connectivity index (χ0v) is 10.4. The first-order valence-electron chi connectivity index (χ1n) is 5.62. The van der Waals surface area contributed by atoms with Crippen molar-refractivity contribution in [2.24, 2.45) is 0 Å². The average molecular weight is 227 g/mol. The topological polar surface area (TPSA) is 38.8 Å². The van der Waals surface area contributed by atoms with Crippen LogP contribution in [0.15, 0.2) is 12.7 Å². The molecule has 92 valence electrons. The molecule has 1 amide bonds. The van der Waals surface area contributed by atoms with Gasteiger partial charge in [-0.1, -0.05) is 6.08 Å². The second-order valence-electron chi connectivity index (χ2n) is 4.93. The molecule has 1 fully saturated rings. The van der Waals surface area contributed by atoms with Crippen LogP contribution in [0.4, 0.5) is 4.79 Å². The van der Waals surface area contributed by atoms with Crippen molar-refractivity contribution in [3.63, 3.8) is 0 Å². The lowest BCUT2D eigenvalue weighted by Crippen LogP contribution is -2.50. The summed E-state index contributed by atoms with van der Waals surface area (Å²) in [4.78, 5) is 13.6. The summed E-state index contributed by atoms with van der Waals surface area (Å²) in [6.07, 6.45) is 2.28. The number of hydrogen-bond donors (Lipinski definition) is 0. The molecule has 1 aliphatic heterocycles.